The topological polar surface area (TPSA) is 24.5 Å². The minimum Gasteiger partial charge on any atom is -0.491 e. The van der Waals surface area contributed by atoms with Crippen LogP contribution in [0.4, 0.5) is 0 Å². The summed E-state index contributed by atoms with van der Waals surface area (Å²) < 4.78 is 6.10. The SMILES string of the molecule is CNC(C)c1ccc2ccccc2c1OCCN(C)C. The maximum Gasteiger partial charge on any atom is 0.131 e. The van der Waals surface area contributed by atoms with Crippen LogP contribution in [0.5, 0.6) is 5.75 Å². The van der Waals surface area contributed by atoms with E-state index in [0.29, 0.717) is 6.61 Å². The Kier molecular flexibility index (Phi) is 4.99. The lowest BCUT2D eigenvalue weighted by Gasteiger charge is -2.19. The van der Waals surface area contributed by atoms with E-state index in [0.717, 1.165) is 12.3 Å². The van der Waals surface area contributed by atoms with Gasteiger partial charge in [-0.05, 0) is 33.5 Å². The number of benzene rings is 2. The van der Waals surface area contributed by atoms with Crippen LogP contribution in [-0.2, 0) is 0 Å². The first-order chi connectivity index (χ1) is 9.63. The molecule has 20 heavy (non-hydrogen) atoms. The van der Waals surface area contributed by atoms with Crippen molar-refractivity contribution in [2.24, 2.45) is 0 Å². The Morgan fingerprint density at radius 2 is 1.90 bits per heavy atom. The van der Waals surface area contributed by atoms with E-state index in [1.165, 1.54) is 16.3 Å². The quantitative estimate of drug-likeness (QED) is 0.874. The number of hydrogen-bond donors (Lipinski definition) is 1. The molecule has 3 nitrogen and oxygen atoms in total. The first kappa shape index (κ1) is 14.8. The van der Waals surface area contributed by atoms with Gasteiger partial charge in [0.25, 0.3) is 0 Å². The van der Waals surface area contributed by atoms with Crippen LogP contribution in [-0.4, -0.2) is 39.2 Å². The molecule has 108 valence electrons. The van der Waals surface area contributed by atoms with Crippen molar-refractivity contribution in [3.8, 4) is 5.75 Å². The van der Waals surface area contributed by atoms with Crippen molar-refractivity contribution in [1.82, 2.24) is 10.2 Å². The van der Waals surface area contributed by atoms with Gasteiger partial charge in [-0.25, -0.2) is 0 Å². The molecule has 0 fully saturated rings. The Morgan fingerprint density at radius 3 is 2.60 bits per heavy atom. The normalized spacial score (nSPS) is 12.8. The highest BCUT2D eigenvalue weighted by molar-refractivity contribution is 5.89. The number of likely N-dealkylation sites (N-methyl/N-ethyl adjacent to an activating group) is 1. The van der Waals surface area contributed by atoms with Gasteiger partial charge < -0.3 is 15.0 Å². The van der Waals surface area contributed by atoms with Crippen LogP contribution in [0.1, 0.15) is 18.5 Å². The second kappa shape index (κ2) is 6.73. The molecule has 2 aromatic carbocycles. The highest BCUT2D eigenvalue weighted by atomic mass is 16.5. The zero-order valence-corrected chi connectivity index (χ0v) is 12.8. The fourth-order valence-corrected chi connectivity index (χ4v) is 2.25. The largest absolute Gasteiger partial charge is 0.491 e. The monoisotopic (exact) mass is 272 g/mol. The number of ether oxygens (including phenoxy) is 1. The van der Waals surface area contributed by atoms with Crippen molar-refractivity contribution in [2.45, 2.75) is 13.0 Å². The molecule has 2 aromatic rings. The first-order valence-electron chi connectivity index (χ1n) is 7.10. The standard InChI is InChI=1S/C17H24N2O/c1-13(18-2)15-10-9-14-7-5-6-8-16(14)17(15)20-12-11-19(3)4/h5-10,13,18H,11-12H2,1-4H3. The Morgan fingerprint density at radius 1 is 1.15 bits per heavy atom. The molecule has 0 saturated carbocycles. The Hall–Kier alpha value is -1.58. The number of fused-ring (bicyclic) bond motifs is 1. The third-order valence-electron chi connectivity index (χ3n) is 3.59. The van der Waals surface area contributed by atoms with Crippen molar-refractivity contribution in [1.29, 1.82) is 0 Å². The summed E-state index contributed by atoms with van der Waals surface area (Å²) in [5.41, 5.74) is 1.21. The number of rotatable bonds is 6. The van der Waals surface area contributed by atoms with Crippen molar-refractivity contribution in [3.63, 3.8) is 0 Å². The van der Waals surface area contributed by atoms with Crippen LogP contribution in [0.25, 0.3) is 10.8 Å². The molecule has 1 N–H and O–H groups in total. The van der Waals surface area contributed by atoms with Crippen LogP contribution < -0.4 is 10.1 Å². The van der Waals surface area contributed by atoms with Gasteiger partial charge in [-0.15, -0.1) is 0 Å². The van der Waals surface area contributed by atoms with Gasteiger partial charge in [-0.2, -0.15) is 0 Å². The average molecular weight is 272 g/mol. The summed E-state index contributed by atoms with van der Waals surface area (Å²) in [7, 11) is 6.09. The van der Waals surface area contributed by atoms with Gasteiger partial charge in [-0.1, -0.05) is 36.4 Å². The van der Waals surface area contributed by atoms with Gasteiger partial charge in [-0.3, -0.25) is 0 Å². The number of nitrogens with zero attached hydrogens (tertiary/aromatic N) is 1. The predicted molar refractivity (Wildman–Crippen MR) is 85.5 cm³/mol. The molecule has 0 aromatic heterocycles. The zero-order valence-electron chi connectivity index (χ0n) is 12.8. The van der Waals surface area contributed by atoms with Crippen molar-refractivity contribution >= 4 is 10.8 Å². The molecule has 0 aliphatic rings. The van der Waals surface area contributed by atoms with E-state index >= 15 is 0 Å². The van der Waals surface area contributed by atoms with E-state index in [2.05, 4.69) is 67.6 Å². The summed E-state index contributed by atoms with van der Waals surface area (Å²) in [4.78, 5) is 2.13. The van der Waals surface area contributed by atoms with Crippen LogP contribution in [0.2, 0.25) is 0 Å². The van der Waals surface area contributed by atoms with Gasteiger partial charge in [0.1, 0.15) is 12.4 Å². The number of hydrogen-bond acceptors (Lipinski definition) is 3. The smallest absolute Gasteiger partial charge is 0.131 e. The van der Waals surface area contributed by atoms with Gasteiger partial charge in [0.2, 0.25) is 0 Å². The molecule has 0 aliphatic carbocycles. The molecule has 0 bridgehead atoms. The second-order valence-electron chi connectivity index (χ2n) is 5.37. The fourth-order valence-electron chi connectivity index (χ4n) is 2.25. The second-order valence-corrected chi connectivity index (χ2v) is 5.37. The van der Waals surface area contributed by atoms with Gasteiger partial charge in [0.15, 0.2) is 0 Å². The third kappa shape index (κ3) is 3.30. The molecule has 0 amide bonds. The Bertz CT molecular complexity index is 566. The van der Waals surface area contributed by atoms with E-state index in [1.807, 2.05) is 7.05 Å². The van der Waals surface area contributed by atoms with Crippen LogP contribution in [0.15, 0.2) is 36.4 Å². The molecule has 3 heteroatoms. The Labute approximate surface area is 121 Å². The summed E-state index contributed by atoms with van der Waals surface area (Å²) in [6.45, 7) is 3.77. The molecule has 0 aliphatic heterocycles. The lowest BCUT2D eigenvalue weighted by molar-refractivity contribution is 0.260. The minimum absolute atomic E-state index is 0.272. The lowest BCUT2D eigenvalue weighted by Crippen LogP contribution is -2.20. The van der Waals surface area contributed by atoms with Crippen molar-refractivity contribution in [3.05, 3.63) is 42.0 Å². The molecular weight excluding hydrogens is 248 g/mol. The maximum absolute atomic E-state index is 6.10. The van der Waals surface area contributed by atoms with Gasteiger partial charge in [0.05, 0.1) is 0 Å². The Balaban J connectivity index is 2.39. The van der Waals surface area contributed by atoms with E-state index in [-0.39, 0.29) is 6.04 Å². The third-order valence-corrected chi connectivity index (χ3v) is 3.59. The maximum atomic E-state index is 6.10. The van der Waals surface area contributed by atoms with E-state index < -0.39 is 0 Å². The molecule has 0 spiro atoms. The summed E-state index contributed by atoms with van der Waals surface area (Å²) in [6, 6.07) is 13.0. The molecule has 0 radical (unpaired) electrons. The van der Waals surface area contributed by atoms with Gasteiger partial charge in [0, 0.05) is 23.5 Å². The molecule has 1 unspecified atom stereocenters. The minimum atomic E-state index is 0.272. The van der Waals surface area contributed by atoms with E-state index in [4.69, 9.17) is 4.74 Å². The molecule has 0 heterocycles. The van der Waals surface area contributed by atoms with Crippen LogP contribution >= 0.6 is 0 Å². The predicted octanol–water partition coefficient (Wildman–Crippen LogP) is 3.06. The molecule has 1 atom stereocenters. The highest BCUT2D eigenvalue weighted by Gasteiger charge is 2.13. The molecule has 2 rings (SSSR count). The first-order valence-corrected chi connectivity index (χ1v) is 7.10. The van der Waals surface area contributed by atoms with E-state index in [9.17, 15) is 0 Å². The lowest BCUT2D eigenvalue weighted by atomic mass is 10.0. The summed E-state index contributed by atoms with van der Waals surface area (Å²) in [6.07, 6.45) is 0. The summed E-state index contributed by atoms with van der Waals surface area (Å²) in [5.74, 6) is 1.01. The fraction of sp³-hybridized carbons (Fsp3) is 0.412. The van der Waals surface area contributed by atoms with Crippen molar-refractivity contribution < 1.29 is 4.74 Å². The summed E-state index contributed by atoms with van der Waals surface area (Å²) in [5, 5.41) is 5.70. The van der Waals surface area contributed by atoms with Crippen LogP contribution in [0, 0.1) is 0 Å². The van der Waals surface area contributed by atoms with Gasteiger partial charge >= 0.3 is 0 Å². The van der Waals surface area contributed by atoms with Crippen LogP contribution in [0.3, 0.4) is 0 Å². The zero-order chi connectivity index (χ0) is 14.5. The van der Waals surface area contributed by atoms with Crippen molar-refractivity contribution in [2.75, 3.05) is 34.3 Å². The molecule has 0 saturated heterocycles. The highest BCUT2D eigenvalue weighted by Crippen LogP contribution is 2.33. The molecular formula is C17H24N2O. The summed E-state index contributed by atoms with van der Waals surface area (Å²) >= 11 is 0. The number of nitrogens with one attached hydrogen (secondary N) is 1. The van der Waals surface area contributed by atoms with E-state index in [1.54, 1.807) is 0 Å². The average Bonchev–Trinajstić information content (AvgIpc) is 2.46.